The van der Waals surface area contributed by atoms with Crippen molar-refractivity contribution in [2.75, 3.05) is 31.7 Å². The molecule has 0 atom stereocenters. The molecule has 0 saturated heterocycles. The largest absolute Gasteiger partial charge is 0.491 e. The van der Waals surface area contributed by atoms with E-state index in [1.54, 1.807) is 6.07 Å². The molecule has 0 fully saturated rings. The summed E-state index contributed by atoms with van der Waals surface area (Å²) in [5, 5.41) is 13.9. The number of anilines is 1. The maximum absolute atomic E-state index is 10.8. The van der Waals surface area contributed by atoms with Gasteiger partial charge in [0.1, 0.15) is 12.4 Å². The van der Waals surface area contributed by atoms with E-state index in [1.165, 1.54) is 12.1 Å². The van der Waals surface area contributed by atoms with E-state index in [9.17, 15) is 10.1 Å². The van der Waals surface area contributed by atoms with Gasteiger partial charge in [-0.1, -0.05) is 6.92 Å². The molecule has 0 unspecified atom stereocenters. The molecule has 0 bridgehead atoms. The highest BCUT2D eigenvalue weighted by Gasteiger charge is 2.10. The van der Waals surface area contributed by atoms with E-state index in [0.717, 1.165) is 6.42 Å². The Morgan fingerprint density at radius 2 is 2.00 bits per heavy atom. The monoisotopic (exact) mass is 268 g/mol. The number of hydrogen-bond donors (Lipinski definition) is 1. The first-order chi connectivity index (χ1) is 9.17. The van der Waals surface area contributed by atoms with Gasteiger partial charge < -0.3 is 14.8 Å². The Hall–Kier alpha value is -1.82. The van der Waals surface area contributed by atoms with Crippen molar-refractivity contribution in [3.05, 3.63) is 28.3 Å². The van der Waals surface area contributed by atoms with Gasteiger partial charge in [-0.3, -0.25) is 10.1 Å². The summed E-state index contributed by atoms with van der Waals surface area (Å²) in [4.78, 5) is 10.4. The van der Waals surface area contributed by atoms with E-state index in [2.05, 4.69) is 5.32 Å². The molecule has 0 heterocycles. The number of nitro groups is 1. The van der Waals surface area contributed by atoms with Crippen molar-refractivity contribution in [2.45, 2.75) is 20.3 Å². The number of ether oxygens (including phenoxy) is 2. The molecule has 1 N–H and O–H groups in total. The van der Waals surface area contributed by atoms with Gasteiger partial charge >= 0.3 is 0 Å². The van der Waals surface area contributed by atoms with Gasteiger partial charge in [0.15, 0.2) is 0 Å². The van der Waals surface area contributed by atoms with Gasteiger partial charge in [0.05, 0.1) is 17.6 Å². The first kappa shape index (κ1) is 15.2. The first-order valence-electron chi connectivity index (χ1n) is 6.41. The molecule has 19 heavy (non-hydrogen) atoms. The van der Waals surface area contributed by atoms with E-state index >= 15 is 0 Å². The van der Waals surface area contributed by atoms with Crippen molar-refractivity contribution in [3.63, 3.8) is 0 Å². The lowest BCUT2D eigenvalue weighted by Gasteiger charge is -2.09. The van der Waals surface area contributed by atoms with E-state index in [-0.39, 0.29) is 5.69 Å². The lowest BCUT2D eigenvalue weighted by molar-refractivity contribution is -0.384. The fourth-order valence-electron chi connectivity index (χ4n) is 1.54. The minimum absolute atomic E-state index is 0.0166. The molecular weight excluding hydrogens is 248 g/mol. The lowest BCUT2D eigenvalue weighted by atomic mass is 10.2. The number of nitro benzene ring substituents is 1. The number of hydrogen-bond acceptors (Lipinski definition) is 5. The number of nitrogens with zero attached hydrogens (tertiary/aromatic N) is 1. The Balaban J connectivity index is 2.62. The van der Waals surface area contributed by atoms with Crippen LogP contribution in [0, 0.1) is 10.1 Å². The zero-order valence-corrected chi connectivity index (χ0v) is 11.3. The number of rotatable bonds is 9. The minimum Gasteiger partial charge on any atom is -0.491 e. The van der Waals surface area contributed by atoms with Crippen molar-refractivity contribution in [1.29, 1.82) is 0 Å². The fourth-order valence-corrected chi connectivity index (χ4v) is 1.54. The number of benzene rings is 1. The van der Waals surface area contributed by atoms with Gasteiger partial charge in [0.25, 0.3) is 5.69 Å². The van der Waals surface area contributed by atoms with Gasteiger partial charge in [0, 0.05) is 31.0 Å². The molecule has 0 radical (unpaired) electrons. The summed E-state index contributed by atoms with van der Waals surface area (Å²) < 4.78 is 10.7. The Morgan fingerprint density at radius 1 is 1.21 bits per heavy atom. The molecule has 0 saturated carbocycles. The molecule has 0 aliphatic rings. The second-order valence-corrected chi connectivity index (χ2v) is 3.96. The van der Waals surface area contributed by atoms with E-state index in [4.69, 9.17) is 9.47 Å². The molecule has 0 aromatic heterocycles. The third-order valence-corrected chi connectivity index (χ3v) is 2.33. The zero-order chi connectivity index (χ0) is 14.1. The van der Waals surface area contributed by atoms with Crippen LogP contribution in [0.15, 0.2) is 18.2 Å². The smallest absolute Gasteiger partial charge is 0.275 e. The van der Waals surface area contributed by atoms with Crippen LogP contribution < -0.4 is 10.1 Å². The normalized spacial score (nSPS) is 10.2. The summed E-state index contributed by atoms with van der Waals surface area (Å²) in [6.07, 6.45) is 0.960. The first-order valence-corrected chi connectivity index (χ1v) is 6.41. The molecule has 6 heteroatoms. The summed E-state index contributed by atoms with van der Waals surface area (Å²) in [6, 6.07) is 4.65. The van der Waals surface area contributed by atoms with Crippen molar-refractivity contribution in [3.8, 4) is 5.75 Å². The predicted octanol–water partition coefficient (Wildman–Crippen LogP) is 2.83. The second-order valence-electron chi connectivity index (χ2n) is 3.96. The highest BCUT2D eigenvalue weighted by molar-refractivity contribution is 5.56. The van der Waals surface area contributed by atoms with Gasteiger partial charge in [-0.15, -0.1) is 0 Å². The molecule has 0 spiro atoms. The Labute approximate surface area is 112 Å². The van der Waals surface area contributed by atoms with Crippen LogP contribution in [0.3, 0.4) is 0 Å². The van der Waals surface area contributed by atoms with Crippen LogP contribution in [0.1, 0.15) is 20.3 Å². The van der Waals surface area contributed by atoms with Gasteiger partial charge in [-0.05, 0) is 13.3 Å². The quantitative estimate of drug-likeness (QED) is 0.423. The number of non-ortho nitro benzene ring substituents is 1. The van der Waals surface area contributed by atoms with Crippen LogP contribution in [0.4, 0.5) is 11.4 Å². The zero-order valence-electron chi connectivity index (χ0n) is 11.3. The highest BCUT2D eigenvalue weighted by atomic mass is 16.6. The molecule has 0 aliphatic carbocycles. The Kier molecular flexibility index (Phi) is 6.67. The average molecular weight is 268 g/mol. The molecule has 1 aromatic carbocycles. The second kappa shape index (κ2) is 8.31. The maximum atomic E-state index is 10.8. The van der Waals surface area contributed by atoms with Crippen LogP contribution in [0.5, 0.6) is 5.75 Å². The number of nitrogens with one attached hydrogen (secondary N) is 1. The van der Waals surface area contributed by atoms with Crippen molar-refractivity contribution in [2.24, 2.45) is 0 Å². The van der Waals surface area contributed by atoms with Crippen LogP contribution >= 0.6 is 0 Å². The Bertz CT molecular complexity index is 410. The molecule has 1 aromatic rings. The molecule has 0 aliphatic heterocycles. The predicted molar refractivity (Wildman–Crippen MR) is 73.9 cm³/mol. The summed E-state index contributed by atoms with van der Waals surface area (Å²) in [6.45, 7) is 6.21. The average Bonchev–Trinajstić information content (AvgIpc) is 2.38. The van der Waals surface area contributed by atoms with Gasteiger partial charge in [-0.2, -0.15) is 0 Å². The molecule has 1 rings (SSSR count). The van der Waals surface area contributed by atoms with Crippen LogP contribution in [-0.4, -0.2) is 31.3 Å². The molecule has 6 nitrogen and oxygen atoms in total. The Morgan fingerprint density at radius 3 is 2.63 bits per heavy atom. The van der Waals surface area contributed by atoms with Gasteiger partial charge in [0.2, 0.25) is 0 Å². The highest BCUT2D eigenvalue weighted by Crippen LogP contribution is 2.25. The summed E-state index contributed by atoms with van der Waals surface area (Å²) in [7, 11) is 0. The fraction of sp³-hybridized carbons (Fsp3) is 0.538. The van der Waals surface area contributed by atoms with Gasteiger partial charge in [-0.25, -0.2) is 0 Å². The van der Waals surface area contributed by atoms with E-state index in [1.807, 2.05) is 13.8 Å². The van der Waals surface area contributed by atoms with E-state index < -0.39 is 4.92 Å². The topological polar surface area (TPSA) is 73.6 Å². The lowest BCUT2D eigenvalue weighted by Crippen LogP contribution is -2.07. The standard InChI is InChI=1S/C13H20N2O4/c1-3-5-18-6-7-19-13-9-11(14-4-2)8-12(10-13)15(16)17/h8-10,14H,3-7H2,1-2H3. The van der Waals surface area contributed by atoms with Crippen molar-refractivity contribution < 1.29 is 14.4 Å². The third kappa shape index (κ3) is 5.56. The van der Waals surface area contributed by atoms with Crippen LogP contribution in [0.25, 0.3) is 0 Å². The molecular formula is C13H20N2O4. The summed E-state index contributed by atoms with van der Waals surface area (Å²) in [5.74, 6) is 0.477. The minimum atomic E-state index is -0.429. The van der Waals surface area contributed by atoms with Crippen LogP contribution in [0.2, 0.25) is 0 Å². The van der Waals surface area contributed by atoms with Crippen molar-refractivity contribution >= 4 is 11.4 Å². The van der Waals surface area contributed by atoms with Crippen molar-refractivity contribution in [1.82, 2.24) is 0 Å². The van der Waals surface area contributed by atoms with Crippen LogP contribution in [-0.2, 0) is 4.74 Å². The third-order valence-electron chi connectivity index (χ3n) is 2.33. The molecule has 106 valence electrons. The van der Waals surface area contributed by atoms with E-state index in [0.29, 0.717) is 37.8 Å². The summed E-state index contributed by atoms with van der Waals surface area (Å²) in [5.41, 5.74) is 0.698. The SMILES string of the molecule is CCCOCCOc1cc(NCC)cc([N+](=O)[O-])c1. The molecule has 0 amide bonds. The maximum Gasteiger partial charge on any atom is 0.275 e. The summed E-state index contributed by atoms with van der Waals surface area (Å²) >= 11 is 0.